The second-order valence-electron chi connectivity index (χ2n) is 4.59. The van der Waals surface area contributed by atoms with E-state index in [2.05, 4.69) is 4.98 Å². The molecule has 0 saturated carbocycles. The van der Waals surface area contributed by atoms with Crippen LogP contribution >= 0.6 is 11.3 Å². The normalized spacial score (nSPS) is 10.9. The van der Waals surface area contributed by atoms with Crippen LogP contribution in [-0.2, 0) is 13.0 Å². The fourth-order valence-corrected chi connectivity index (χ4v) is 2.85. The molecule has 1 N–H and O–H groups in total. The Hall–Kier alpha value is -1.72. The van der Waals surface area contributed by atoms with Crippen LogP contribution in [0.5, 0.6) is 0 Å². The number of rotatable bonds is 5. The van der Waals surface area contributed by atoms with Crippen molar-refractivity contribution in [3.8, 4) is 0 Å². The standard InChI is InChI=1S/C14H16N2O2S/c1-16(2)9-12-15-11(13(19-12)14(17)18)8-10-6-4-3-5-7-10/h3-7H,8-9H2,1-2H3,(H,17,18). The Labute approximate surface area is 116 Å². The van der Waals surface area contributed by atoms with Crippen LogP contribution < -0.4 is 0 Å². The Morgan fingerprint density at radius 2 is 2.00 bits per heavy atom. The maximum Gasteiger partial charge on any atom is 0.347 e. The van der Waals surface area contributed by atoms with Gasteiger partial charge in [-0.25, -0.2) is 9.78 Å². The summed E-state index contributed by atoms with van der Waals surface area (Å²) in [6.45, 7) is 0.666. The average Bonchev–Trinajstić information content (AvgIpc) is 2.72. The maximum absolute atomic E-state index is 11.3. The zero-order chi connectivity index (χ0) is 13.8. The second-order valence-corrected chi connectivity index (χ2v) is 5.67. The Balaban J connectivity index is 2.27. The van der Waals surface area contributed by atoms with Gasteiger partial charge in [-0.05, 0) is 19.7 Å². The third-order valence-corrected chi connectivity index (χ3v) is 3.67. The first-order valence-corrected chi connectivity index (χ1v) is 6.78. The molecule has 0 amide bonds. The van der Waals surface area contributed by atoms with E-state index in [-0.39, 0.29) is 0 Å². The molecule has 1 heterocycles. The van der Waals surface area contributed by atoms with E-state index < -0.39 is 5.97 Å². The van der Waals surface area contributed by atoms with Crippen molar-refractivity contribution in [3.05, 3.63) is 51.5 Å². The number of hydrogen-bond acceptors (Lipinski definition) is 4. The maximum atomic E-state index is 11.3. The van der Waals surface area contributed by atoms with Gasteiger partial charge in [-0.1, -0.05) is 30.3 Å². The Morgan fingerprint density at radius 1 is 1.32 bits per heavy atom. The number of carbonyl (C=O) groups is 1. The number of carboxylic acids is 1. The molecule has 0 fully saturated rings. The molecule has 0 radical (unpaired) electrons. The number of carboxylic acid groups (broad SMARTS) is 1. The van der Waals surface area contributed by atoms with Crippen LogP contribution in [0.2, 0.25) is 0 Å². The summed E-state index contributed by atoms with van der Waals surface area (Å²) in [7, 11) is 3.89. The fraction of sp³-hybridized carbons (Fsp3) is 0.286. The van der Waals surface area contributed by atoms with Crippen LogP contribution in [0, 0.1) is 0 Å². The third kappa shape index (κ3) is 3.62. The Morgan fingerprint density at radius 3 is 2.58 bits per heavy atom. The molecule has 0 aliphatic rings. The molecule has 2 rings (SSSR count). The van der Waals surface area contributed by atoms with Gasteiger partial charge in [0, 0.05) is 13.0 Å². The largest absolute Gasteiger partial charge is 0.477 e. The lowest BCUT2D eigenvalue weighted by atomic mass is 10.1. The Bertz CT molecular complexity index is 564. The van der Waals surface area contributed by atoms with E-state index in [4.69, 9.17) is 0 Å². The van der Waals surface area contributed by atoms with Crippen LogP contribution in [0.25, 0.3) is 0 Å². The molecule has 0 aliphatic carbocycles. The molecule has 0 aliphatic heterocycles. The monoisotopic (exact) mass is 276 g/mol. The minimum atomic E-state index is -0.895. The smallest absolute Gasteiger partial charge is 0.347 e. The van der Waals surface area contributed by atoms with Gasteiger partial charge in [0.2, 0.25) is 0 Å². The van der Waals surface area contributed by atoms with Crippen molar-refractivity contribution in [2.24, 2.45) is 0 Å². The highest BCUT2D eigenvalue weighted by molar-refractivity contribution is 7.13. The summed E-state index contributed by atoms with van der Waals surface area (Å²) in [6, 6.07) is 9.80. The predicted molar refractivity (Wildman–Crippen MR) is 75.7 cm³/mol. The van der Waals surface area contributed by atoms with Crippen molar-refractivity contribution in [2.45, 2.75) is 13.0 Å². The predicted octanol–water partition coefficient (Wildman–Crippen LogP) is 2.49. The highest BCUT2D eigenvalue weighted by Crippen LogP contribution is 2.22. The number of benzene rings is 1. The number of thiazole rings is 1. The third-order valence-electron chi connectivity index (χ3n) is 2.60. The van der Waals surface area contributed by atoms with Gasteiger partial charge in [-0.2, -0.15) is 0 Å². The number of aromatic carboxylic acids is 1. The summed E-state index contributed by atoms with van der Waals surface area (Å²) < 4.78 is 0. The summed E-state index contributed by atoms with van der Waals surface area (Å²) >= 11 is 1.26. The summed E-state index contributed by atoms with van der Waals surface area (Å²) in [5.74, 6) is -0.895. The topological polar surface area (TPSA) is 53.4 Å². The van der Waals surface area contributed by atoms with Crippen LogP contribution in [0.15, 0.2) is 30.3 Å². The molecule has 5 heteroatoms. The van der Waals surface area contributed by atoms with Gasteiger partial charge in [0.1, 0.15) is 9.88 Å². The Kier molecular flexibility index (Phi) is 4.29. The number of aromatic nitrogens is 1. The first-order valence-electron chi connectivity index (χ1n) is 5.97. The zero-order valence-electron chi connectivity index (χ0n) is 11.0. The summed E-state index contributed by atoms with van der Waals surface area (Å²) in [6.07, 6.45) is 0.562. The van der Waals surface area contributed by atoms with E-state index in [1.54, 1.807) is 0 Å². The van der Waals surface area contributed by atoms with E-state index >= 15 is 0 Å². The highest BCUT2D eigenvalue weighted by Gasteiger charge is 2.17. The van der Waals surface area contributed by atoms with Crippen LogP contribution in [-0.4, -0.2) is 35.1 Å². The molecular weight excluding hydrogens is 260 g/mol. The van der Waals surface area contributed by atoms with Crippen molar-refractivity contribution < 1.29 is 9.90 Å². The van der Waals surface area contributed by atoms with Gasteiger partial charge in [0.15, 0.2) is 0 Å². The van der Waals surface area contributed by atoms with Gasteiger partial charge in [0.05, 0.1) is 5.69 Å². The van der Waals surface area contributed by atoms with E-state index in [1.165, 1.54) is 11.3 Å². The number of nitrogens with zero attached hydrogens (tertiary/aromatic N) is 2. The molecule has 1 aromatic carbocycles. The van der Waals surface area contributed by atoms with Crippen LogP contribution in [0.4, 0.5) is 0 Å². The van der Waals surface area contributed by atoms with Gasteiger partial charge in [-0.15, -0.1) is 11.3 Å². The van der Waals surface area contributed by atoms with Crippen molar-refractivity contribution >= 4 is 17.3 Å². The zero-order valence-corrected chi connectivity index (χ0v) is 11.8. The fourth-order valence-electron chi connectivity index (χ4n) is 1.82. The highest BCUT2D eigenvalue weighted by atomic mass is 32.1. The van der Waals surface area contributed by atoms with Gasteiger partial charge in [-0.3, -0.25) is 0 Å². The van der Waals surface area contributed by atoms with E-state index in [1.807, 2.05) is 49.3 Å². The molecule has 0 bridgehead atoms. The molecule has 1 aromatic heterocycles. The molecule has 0 saturated heterocycles. The number of hydrogen-bond donors (Lipinski definition) is 1. The second kappa shape index (κ2) is 5.95. The first kappa shape index (κ1) is 13.7. The minimum absolute atomic E-state index is 0.348. The van der Waals surface area contributed by atoms with Gasteiger partial charge >= 0.3 is 5.97 Å². The van der Waals surface area contributed by atoms with Crippen LogP contribution in [0.1, 0.15) is 25.9 Å². The van der Waals surface area contributed by atoms with Crippen molar-refractivity contribution in [1.82, 2.24) is 9.88 Å². The summed E-state index contributed by atoms with van der Waals surface area (Å²) in [4.78, 5) is 18.1. The lowest BCUT2D eigenvalue weighted by Gasteiger charge is -2.04. The van der Waals surface area contributed by atoms with E-state index in [9.17, 15) is 9.90 Å². The molecule has 2 aromatic rings. The lowest BCUT2D eigenvalue weighted by Crippen LogP contribution is -2.10. The van der Waals surface area contributed by atoms with Crippen molar-refractivity contribution in [3.63, 3.8) is 0 Å². The summed E-state index contributed by atoms with van der Waals surface area (Å²) in [5, 5.41) is 10.1. The van der Waals surface area contributed by atoms with Crippen LogP contribution in [0.3, 0.4) is 0 Å². The molecule has 0 atom stereocenters. The minimum Gasteiger partial charge on any atom is -0.477 e. The van der Waals surface area contributed by atoms with Crippen molar-refractivity contribution in [1.29, 1.82) is 0 Å². The van der Waals surface area contributed by atoms with Gasteiger partial charge < -0.3 is 10.0 Å². The average molecular weight is 276 g/mol. The van der Waals surface area contributed by atoms with Crippen molar-refractivity contribution in [2.75, 3.05) is 14.1 Å². The molecule has 0 spiro atoms. The molecule has 0 unspecified atom stereocenters. The van der Waals surface area contributed by atoms with E-state index in [0.29, 0.717) is 23.5 Å². The van der Waals surface area contributed by atoms with Gasteiger partial charge in [0.25, 0.3) is 0 Å². The molecular formula is C14H16N2O2S. The summed E-state index contributed by atoms with van der Waals surface area (Å²) in [5.41, 5.74) is 1.73. The molecule has 4 nitrogen and oxygen atoms in total. The molecule has 19 heavy (non-hydrogen) atoms. The first-order chi connectivity index (χ1) is 9.06. The van der Waals surface area contributed by atoms with E-state index in [0.717, 1.165) is 10.6 Å². The quantitative estimate of drug-likeness (QED) is 0.911. The lowest BCUT2D eigenvalue weighted by molar-refractivity contribution is 0.0701. The SMILES string of the molecule is CN(C)Cc1nc(Cc2ccccc2)c(C(=O)O)s1. The molecule has 100 valence electrons.